The van der Waals surface area contributed by atoms with E-state index in [1.807, 2.05) is 58.3 Å². The van der Waals surface area contributed by atoms with E-state index in [-0.39, 0.29) is 17.4 Å². The Bertz CT molecular complexity index is 1160. The van der Waals surface area contributed by atoms with Crippen molar-refractivity contribution in [1.82, 2.24) is 14.2 Å². The second-order valence-electron chi connectivity index (χ2n) is 9.44. The average Bonchev–Trinajstić information content (AvgIpc) is 3.22. The fourth-order valence-corrected chi connectivity index (χ4v) is 6.38. The molecule has 0 bridgehead atoms. The van der Waals surface area contributed by atoms with Crippen LogP contribution in [0.25, 0.3) is 10.2 Å². The van der Waals surface area contributed by atoms with Crippen molar-refractivity contribution in [1.29, 1.82) is 0 Å². The van der Waals surface area contributed by atoms with Crippen molar-refractivity contribution in [3.8, 4) is 0 Å². The number of fused-ring (bicyclic) bond motifs is 1. The van der Waals surface area contributed by atoms with Crippen LogP contribution in [0, 0.1) is 12.3 Å². The Morgan fingerprint density at radius 3 is 2.54 bits per heavy atom. The summed E-state index contributed by atoms with van der Waals surface area (Å²) in [5.41, 5.74) is 1.85. The number of anilines is 1. The summed E-state index contributed by atoms with van der Waals surface area (Å²) in [7, 11) is 0.308. The highest BCUT2D eigenvalue weighted by atomic mass is 32.2. The van der Waals surface area contributed by atoms with E-state index in [1.165, 1.54) is 15.6 Å². The number of rotatable bonds is 14. The van der Waals surface area contributed by atoms with E-state index in [0.29, 0.717) is 13.0 Å². The number of aliphatic hydroxyl groups excluding tert-OH is 1. The Labute approximate surface area is 213 Å². The maximum Gasteiger partial charge on any atom is 0.243 e. The third-order valence-electron chi connectivity index (χ3n) is 5.48. The minimum Gasteiger partial charge on any atom is -0.391 e. The number of aromatic nitrogens is 1. The van der Waals surface area contributed by atoms with Crippen LogP contribution in [0.3, 0.4) is 0 Å². The average molecular weight is 518 g/mol. The molecule has 1 radical (unpaired) electrons. The summed E-state index contributed by atoms with van der Waals surface area (Å²) in [6.45, 7) is 6.10. The van der Waals surface area contributed by atoms with Crippen molar-refractivity contribution < 1.29 is 13.5 Å². The predicted molar refractivity (Wildman–Crippen MR) is 145 cm³/mol. The topological polar surface area (TPSA) is 85.8 Å². The van der Waals surface area contributed by atoms with Crippen molar-refractivity contribution in [2.24, 2.45) is 5.92 Å². The summed E-state index contributed by atoms with van der Waals surface area (Å²) in [5, 5.41) is 14.8. The number of hydrogen-bond donors (Lipinski definition) is 2. The minimum atomic E-state index is -3.78. The molecule has 0 saturated heterocycles. The summed E-state index contributed by atoms with van der Waals surface area (Å²) >= 11 is 1.46. The van der Waals surface area contributed by atoms with Crippen molar-refractivity contribution in [2.45, 2.75) is 37.7 Å². The Morgan fingerprint density at radius 2 is 1.86 bits per heavy atom. The van der Waals surface area contributed by atoms with Gasteiger partial charge in [-0.1, -0.05) is 55.5 Å². The van der Waals surface area contributed by atoms with Crippen LogP contribution >= 0.6 is 11.3 Å². The predicted octanol–water partition coefficient (Wildman–Crippen LogP) is 4.11. The lowest BCUT2D eigenvalue weighted by atomic mass is 10.1. The van der Waals surface area contributed by atoms with E-state index >= 15 is 0 Å². The van der Waals surface area contributed by atoms with E-state index in [1.54, 1.807) is 24.6 Å². The molecule has 0 amide bonds. The van der Waals surface area contributed by atoms with Crippen molar-refractivity contribution in [3.63, 3.8) is 0 Å². The van der Waals surface area contributed by atoms with Gasteiger partial charge in [-0.3, -0.25) is 0 Å². The molecule has 3 rings (SSSR count). The Balaban J connectivity index is 1.71. The van der Waals surface area contributed by atoms with E-state index < -0.39 is 16.1 Å². The smallest absolute Gasteiger partial charge is 0.243 e. The minimum absolute atomic E-state index is 0.0206. The summed E-state index contributed by atoms with van der Waals surface area (Å²) in [6, 6.07) is 14.9. The Morgan fingerprint density at radius 1 is 1.11 bits per heavy atom. The van der Waals surface area contributed by atoms with Crippen LogP contribution in [0.15, 0.2) is 53.4 Å². The molecule has 0 spiro atoms. The zero-order valence-corrected chi connectivity index (χ0v) is 22.6. The molecule has 35 heavy (non-hydrogen) atoms. The van der Waals surface area contributed by atoms with Gasteiger partial charge in [-0.05, 0) is 69.6 Å². The van der Waals surface area contributed by atoms with E-state index in [2.05, 4.69) is 15.2 Å². The number of aliphatic hydroxyl groups is 1. The zero-order chi connectivity index (χ0) is 25.4. The highest BCUT2D eigenvalue weighted by Crippen LogP contribution is 2.29. The molecule has 191 valence electrons. The highest BCUT2D eigenvalue weighted by molar-refractivity contribution is 7.89. The van der Waals surface area contributed by atoms with Gasteiger partial charge in [0.05, 0.1) is 21.2 Å². The molecular weight excluding hydrogens is 480 g/mol. The summed E-state index contributed by atoms with van der Waals surface area (Å²) in [4.78, 5) is 6.95. The third kappa shape index (κ3) is 8.25. The van der Waals surface area contributed by atoms with Crippen LogP contribution in [-0.2, 0) is 16.4 Å². The van der Waals surface area contributed by atoms with E-state index in [4.69, 9.17) is 0 Å². The molecule has 0 aliphatic heterocycles. The van der Waals surface area contributed by atoms with Crippen LogP contribution < -0.4 is 5.32 Å². The Hall–Kier alpha value is -2.04. The fraction of sp³-hybridized carbons (Fsp3) is 0.462. The second kappa shape index (κ2) is 12.8. The first-order valence-electron chi connectivity index (χ1n) is 12.0. The summed E-state index contributed by atoms with van der Waals surface area (Å²) in [5.74, 6) is 0.121. The van der Waals surface area contributed by atoms with Crippen molar-refractivity contribution in [3.05, 3.63) is 60.5 Å². The van der Waals surface area contributed by atoms with Gasteiger partial charge in [0.1, 0.15) is 0 Å². The SMILES string of the molecule is CC(C)CN(CC(O)[CH]Cc1ccccc1)S(=O)(=O)c1ccc2nc(NCCCN(C)C)sc2c1. The summed E-state index contributed by atoms with van der Waals surface area (Å²) < 4.78 is 29.4. The van der Waals surface area contributed by atoms with Gasteiger partial charge < -0.3 is 15.3 Å². The standard InChI is InChI=1S/C26H37N4O3S2/c1-20(2)18-30(19-22(31)12-11-21-9-6-5-7-10-21)35(32,33)23-13-14-24-25(17-23)34-26(28-24)27-15-8-16-29(3)4/h5-7,9-10,12-14,17,20,22,31H,8,11,15-16,18-19H2,1-4H3,(H,27,28). The molecule has 9 heteroatoms. The van der Waals surface area contributed by atoms with Gasteiger partial charge in [0.15, 0.2) is 5.13 Å². The van der Waals surface area contributed by atoms with Crippen LogP contribution in [0.1, 0.15) is 25.8 Å². The van der Waals surface area contributed by atoms with Gasteiger partial charge >= 0.3 is 0 Å². The maximum atomic E-state index is 13.6. The quantitative estimate of drug-likeness (QED) is 0.313. The van der Waals surface area contributed by atoms with Crippen molar-refractivity contribution >= 4 is 36.7 Å². The van der Waals surface area contributed by atoms with Gasteiger partial charge in [0, 0.05) is 19.6 Å². The lowest BCUT2D eigenvalue weighted by Crippen LogP contribution is -2.40. The molecule has 7 nitrogen and oxygen atoms in total. The van der Waals surface area contributed by atoms with Gasteiger partial charge in [-0.25, -0.2) is 13.4 Å². The van der Waals surface area contributed by atoms with Crippen LogP contribution in [0.5, 0.6) is 0 Å². The molecule has 1 atom stereocenters. The molecule has 2 aromatic carbocycles. The normalized spacial score (nSPS) is 13.3. The molecule has 1 unspecified atom stereocenters. The Kier molecular flexibility index (Phi) is 10.1. The second-order valence-corrected chi connectivity index (χ2v) is 12.4. The first-order valence-corrected chi connectivity index (χ1v) is 14.3. The number of thiazole rings is 1. The number of sulfonamides is 1. The van der Waals surface area contributed by atoms with Crippen LogP contribution in [0.4, 0.5) is 5.13 Å². The van der Waals surface area contributed by atoms with Gasteiger partial charge in [-0.15, -0.1) is 0 Å². The lowest BCUT2D eigenvalue weighted by molar-refractivity contribution is 0.167. The summed E-state index contributed by atoms with van der Waals surface area (Å²) in [6.07, 6.45) is 2.47. The number of hydrogen-bond acceptors (Lipinski definition) is 7. The maximum absolute atomic E-state index is 13.6. The number of nitrogens with zero attached hydrogens (tertiary/aromatic N) is 3. The number of nitrogens with one attached hydrogen (secondary N) is 1. The van der Waals surface area contributed by atoms with Gasteiger partial charge in [0.25, 0.3) is 0 Å². The molecule has 3 aromatic rings. The van der Waals surface area contributed by atoms with E-state index in [9.17, 15) is 13.5 Å². The number of benzene rings is 2. The molecule has 2 N–H and O–H groups in total. The molecular formula is C26H37N4O3S2. The van der Waals surface area contributed by atoms with Gasteiger partial charge in [0.2, 0.25) is 10.0 Å². The zero-order valence-electron chi connectivity index (χ0n) is 21.0. The van der Waals surface area contributed by atoms with E-state index in [0.717, 1.165) is 40.4 Å². The molecule has 0 aliphatic carbocycles. The molecule has 0 saturated carbocycles. The highest BCUT2D eigenvalue weighted by Gasteiger charge is 2.28. The molecule has 0 fully saturated rings. The third-order valence-corrected chi connectivity index (χ3v) is 8.29. The fourth-order valence-electron chi connectivity index (χ4n) is 3.73. The first kappa shape index (κ1) is 27.5. The molecule has 0 aliphatic rings. The van der Waals surface area contributed by atoms with Crippen LogP contribution in [-0.4, -0.2) is 74.1 Å². The molecule has 1 aromatic heterocycles. The van der Waals surface area contributed by atoms with Gasteiger partial charge in [-0.2, -0.15) is 4.31 Å². The van der Waals surface area contributed by atoms with Crippen molar-refractivity contribution in [2.75, 3.05) is 45.6 Å². The largest absolute Gasteiger partial charge is 0.391 e. The van der Waals surface area contributed by atoms with Crippen LogP contribution in [0.2, 0.25) is 0 Å². The lowest BCUT2D eigenvalue weighted by Gasteiger charge is -2.26. The monoisotopic (exact) mass is 517 g/mol. The first-order chi connectivity index (χ1) is 16.6. The molecule has 1 heterocycles.